The first-order chi connectivity index (χ1) is 13.8. The molecule has 0 spiro atoms. The monoisotopic (exact) mass is 393 g/mol. The van der Waals surface area contributed by atoms with E-state index < -0.39 is 0 Å². The van der Waals surface area contributed by atoms with Gasteiger partial charge in [0.05, 0.1) is 0 Å². The minimum absolute atomic E-state index is 0.281. The highest BCUT2D eigenvalue weighted by molar-refractivity contribution is 5.77. The van der Waals surface area contributed by atoms with Crippen LogP contribution in [0.2, 0.25) is 0 Å². The van der Waals surface area contributed by atoms with Crippen molar-refractivity contribution in [1.82, 2.24) is 4.90 Å². The number of benzene rings is 1. The number of amides is 1. The Morgan fingerprint density at radius 2 is 1.79 bits per heavy atom. The Kier molecular flexibility index (Phi) is 4.64. The Bertz CT molecular complexity index is 774. The molecule has 4 aliphatic rings. The lowest BCUT2D eigenvalue weighted by atomic mass is 9.42. The Labute approximate surface area is 177 Å². The van der Waals surface area contributed by atoms with Crippen molar-refractivity contribution < 1.29 is 4.79 Å². The van der Waals surface area contributed by atoms with Gasteiger partial charge in [0.2, 0.25) is 5.91 Å². The SMILES string of the molecule is CC1C(Cc2ccccc2)C2N(C)C(=O)CC[C@]2(C)[C@@H]2CC[C@]3(C)CCC[C@H]3[C@H]12. The van der Waals surface area contributed by atoms with E-state index in [-0.39, 0.29) is 5.41 Å². The number of rotatable bonds is 2. The van der Waals surface area contributed by atoms with Crippen LogP contribution in [0.5, 0.6) is 0 Å². The van der Waals surface area contributed by atoms with Gasteiger partial charge >= 0.3 is 0 Å². The molecule has 1 saturated heterocycles. The van der Waals surface area contributed by atoms with E-state index in [4.69, 9.17) is 0 Å². The average molecular weight is 394 g/mol. The van der Waals surface area contributed by atoms with Crippen molar-refractivity contribution in [1.29, 1.82) is 0 Å². The van der Waals surface area contributed by atoms with E-state index in [1.54, 1.807) is 0 Å². The number of nitrogens with zero attached hydrogens (tertiary/aromatic N) is 1. The molecule has 1 aliphatic heterocycles. The van der Waals surface area contributed by atoms with Gasteiger partial charge in [0, 0.05) is 19.5 Å². The average Bonchev–Trinajstić information content (AvgIpc) is 3.11. The van der Waals surface area contributed by atoms with Gasteiger partial charge in [-0.1, -0.05) is 57.5 Å². The van der Waals surface area contributed by atoms with Gasteiger partial charge in [0.1, 0.15) is 0 Å². The number of hydrogen-bond donors (Lipinski definition) is 0. The topological polar surface area (TPSA) is 20.3 Å². The Balaban J connectivity index is 1.58. The summed E-state index contributed by atoms with van der Waals surface area (Å²) in [6.45, 7) is 7.73. The number of fused-ring (bicyclic) bond motifs is 5. The van der Waals surface area contributed by atoms with Crippen LogP contribution in [0.1, 0.15) is 71.3 Å². The van der Waals surface area contributed by atoms with Gasteiger partial charge in [0.15, 0.2) is 0 Å². The normalized spacial score (nSPS) is 46.8. The standard InChI is InChI=1S/C27H39NO/c1-18-20(17-19-9-6-5-7-10-19)25-27(3,16-13-23(29)28(25)4)22-12-15-26(2)14-8-11-21(26)24(18)22/h5-7,9-10,18,20-22,24-25H,8,11-17H2,1-4H3/t18?,20?,21-,22+,24-,25?,26-,27+/m0/s1. The summed E-state index contributed by atoms with van der Waals surface area (Å²) in [5, 5.41) is 0. The van der Waals surface area contributed by atoms with Crippen LogP contribution in [0.3, 0.4) is 0 Å². The Morgan fingerprint density at radius 3 is 2.55 bits per heavy atom. The zero-order chi connectivity index (χ0) is 20.4. The molecule has 3 unspecified atom stereocenters. The molecule has 29 heavy (non-hydrogen) atoms. The molecule has 1 amide bonds. The highest BCUT2D eigenvalue weighted by Gasteiger charge is 2.63. The summed E-state index contributed by atoms with van der Waals surface area (Å²) in [7, 11) is 2.11. The fourth-order valence-electron chi connectivity index (χ4n) is 8.92. The number of carbonyl (C=O) groups is 1. The Hall–Kier alpha value is -1.31. The van der Waals surface area contributed by atoms with Crippen molar-refractivity contribution in [3.8, 4) is 0 Å². The predicted molar refractivity (Wildman–Crippen MR) is 118 cm³/mol. The van der Waals surface area contributed by atoms with E-state index in [1.807, 2.05) is 0 Å². The quantitative estimate of drug-likeness (QED) is 0.607. The third kappa shape index (κ3) is 2.84. The second kappa shape index (κ2) is 6.86. The summed E-state index contributed by atoms with van der Waals surface area (Å²) in [5.41, 5.74) is 2.30. The van der Waals surface area contributed by atoms with Crippen LogP contribution in [0, 0.1) is 40.4 Å². The zero-order valence-electron chi connectivity index (χ0n) is 18.9. The summed E-state index contributed by atoms with van der Waals surface area (Å²) < 4.78 is 0. The second-order valence-electron chi connectivity index (χ2n) is 11.5. The molecule has 1 aromatic rings. The molecular weight excluding hydrogens is 354 g/mol. The van der Waals surface area contributed by atoms with Gasteiger partial charge in [-0.05, 0) is 84.5 Å². The molecule has 3 saturated carbocycles. The van der Waals surface area contributed by atoms with E-state index in [0.717, 1.165) is 37.0 Å². The molecule has 0 N–H and O–H groups in total. The smallest absolute Gasteiger partial charge is 0.222 e. The molecular formula is C27H39NO. The van der Waals surface area contributed by atoms with E-state index in [0.29, 0.717) is 29.2 Å². The number of likely N-dealkylation sites (tertiary alicyclic amines) is 1. The lowest BCUT2D eigenvalue weighted by Gasteiger charge is -2.66. The first-order valence-corrected chi connectivity index (χ1v) is 12.1. The minimum atomic E-state index is 0.281. The summed E-state index contributed by atoms with van der Waals surface area (Å²) >= 11 is 0. The lowest BCUT2D eigenvalue weighted by Crippen LogP contribution is -2.67. The van der Waals surface area contributed by atoms with Crippen molar-refractivity contribution in [2.75, 3.05) is 7.05 Å². The maximum atomic E-state index is 12.8. The van der Waals surface area contributed by atoms with Crippen LogP contribution in [-0.4, -0.2) is 23.9 Å². The van der Waals surface area contributed by atoms with Crippen LogP contribution in [0.4, 0.5) is 0 Å². The first-order valence-electron chi connectivity index (χ1n) is 12.1. The molecule has 0 radical (unpaired) electrons. The second-order valence-corrected chi connectivity index (χ2v) is 11.5. The van der Waals surface area contributed by atoms with Crippen LogP contribution in [-0.2, 0) is 11.2 Å². The van der Waals surface area contributed by atoms with Crippen LogP contribution in [0.15, 0.2) is 30.3 Å². The summed E-state index contributed by atoms with van der Waals surface area (Å²) in [4.78, 5) is 15.0. The fraction of sp³-hybridized carbons (Fsp3) is 0.741. The van der Waals surface area contributed by atoms with Crippen LogP contribution >= 0.6 is 0 Å². The number of piperidine rings is 1. The molecule has 2 heteroatoms. The lowest BCUT2D eigenvalue weighted by molar-refractivity contribution is -0.180. The zero-order valence-corrected chi connectivity index (χ0v) is 18.9. The van der Waals surface area contributed by atoms with Crippen LogP contribution < -0.4 is 0 Å². The van der Waals surface area contributed by atoms with E-state index in [1.165, 1.54) is 37.7 Å². The molecule has 1 aromatic carbocycles. The minimum Gasteiger partial charge on any atom is -0.342 e. The predicted octanol–water partition coefficient (Wildman–Crippen LogP) is 5.95. The maximum Gasteiger partial charge on any atom is 0.222 e. The van der Waals surface area contributed by atoms with Crippen molar-refractivity contribution in [2.24, 2.45) is 40.4 Å². The molecule has 8 atom stereocenters. The van der Waals surface area contributed by atoms with Gasteiger partial charge in [-0.15, -0.1) is 0 Å². The number of hydrogen-bond acceptors (Lipinski definition) is 1. The third-order valence-corrected chi connectivity index (χ3v) is 10.3. The van der Waals surface area contributed by atoms with Gasteiger partial charge in [-0.25, -0.2) is 0 Å². The Morgan fingerprint density at radius 1 is 1.03 bits per heavy atom. The molecule has 5 rings (SSSR count). The molecule has 3 aliphatic carbocycles. The highest BCUT2D eigenvalue weighted by Crippen LogP contribution is 2.67. The molecule has 0 aromatic heterocycles. The largest absolute Gasteiger partial charge is 0.342 e. The van der Waals surface area contributed by atoms with Crippen LogP contribution in [0.25, 0.3) is 0 Å². The fourth-order valence-corrected chi connectivity index (χ4v) is 8.92. The van der Waals surface area contributed by atoms with E-state index in [2.05, 4.69) is 63.1 Å². The maximum absolute atomic E-state index is 12.8. The van der Waals surface area contributed by atoms with Gasteiger partial charge < -0.3 is 4.90 Å². The van der Waals surface area contributed by atoms with E-state index in [9.17, 15) is 4.79 Å². The van der Waals surface area contributed by atoms with Crippen molar-refractivity contribution in [2.45, 2.75) is 78.2 Å². The van der Waals surface area contributed by atoms with Crippen molar-refractivity contribution >= 4 is 5.91 Å². The highest BCUT2D eigenvalue weighted by atomic mass is 16.2. The molecule has 0 bridgehead atoms. The summed E-state index contributed by atoms with van der Waals surface area (Å²) in [6.07, 6.45) is 10.1. The van der Waals surface area contributed by atoms with Crippen molar-refractivity contribution in [3.63, 3.8) is 0 Å². The molecule has 158 valence electrons. The summed E-state index contributed by atoms with van der Waals surface area (Å²) in [6, 6.07) is 11.5. The number of carbonyl (C=O) groups excluding carboxylic acids is 1. The summed E-state index contributed by atoms with van der Waals surface area (Å²) in [5.74, 6) is 4.16. The van der Waals surface area contributed by atoms with Crippen molar-refractivity contribution in [3.05, 3.63) is 35.9 Å². The van der Waals surface area contributed by atoms with Gasteiger partial charge in [0.25, 0.3) is 0 Å². The molecule has 2 nitrogen and oxygen atoms in total. The van der Waals surface area contributed by atoms with Gasteiger partial charge in [-0.2, -0.15) is 0 Å². The van der Waals surface area contributed by atoms with E-state index >= 15 is 0 Å². The molecule has 4 fully saturated rings. The first kappa shape index (κ1) is 19.6. The molecule has 1 heterocycles. The third-order valence-electron chi connectivity index (χ3n) is 10.3. The van der Waals surface area contributed by atoms with Gasteiger partial charge in [-0.3, -0.25) is 4.79 Å².